The van der Waals surface area contributed by atoms with Gasteiger partial charge in [0.25, 0.3) is 5.91 Å². The van der Waals surface area contributed by atoms with E-state index in [1.54, 1.807) is 32.6 Å². The molecule has 0 aliphatic rings. The summed E-state index contributed by atoms with van der Waals surface area (Å²) in [7, 11) is 3.14. The van der Waals surface area contributed by atoms with Crippen LogP contribution in [0.5, 0.6) is 11.5 Å². The molecule has 1 heterocycles. The molecular weight excluding hydrogens is 396 g/mol. The quantitative estimate of drug-likeness (QED) is 0.345. The number of nitrogens with one attached hydrogen (secondary N) is 1. The molecule has 1 aromatic heterocycles. The zero-order valence-electron chi connectivity index (χ0n) is 15.3. The zero-order chi connectivity index (χ0) is 19.8. The number of carbonyl (C=O) groups is 1. The first kappa shape index (κ1) is 19.8. The van der Waals surface area contributed by atoms with Crippen LogP contribution in [-0.4, -0.2) is 42.3 Å². The predicted molar refractivity (Wildman–Crippen MR) is 111 cm³/mol. The molecule has 0 unspecified atom stereocenters. The maximum absolute atomic E-state index is 12.0. The lowest BCUT2D eigenvalue weighted by molar-refractivity contribution is -0.118. The number of thioether (sulfide) groups is 1. The Bertz CT molecular complexity index is 961. The van der Waals surface area contributed by atoms with Crippen molar-refractivity contribution in [1.29, 1.82) is 0 Å². The fourth-order valence-corrected chi connectivity index (χ4v) is 3.89. The van der Waals surface area contributed by atoms with Gasteiger partial charge in [0.15, 0.2) is 15.8 Å². The minimum absolute atomic E-state index is 0.201. The Morgan fingerprint density at radius 3 is 2.68 bits per heavy atom. The lowest BCUT2D eigenvalue weighted by Crippen LogP contribution is -2.19. The monoisotopic (exact) mass is 414 g/mol. The van der Waals surface area contributed by atoms with Crippen LogP contribution in [0.3, 0.4) is 0 Å². The summed E-state index contributed by atoms with van der Waals surface area (Å²) >= 11 is 2.78. The molecule has 0 radical (unpaired) electrons. The summed E-state index contributed by atoms with van der Waals surface area (Å²) in [6.45, 7) is 0. The molecule has 0 spiro atoms. The molecule has 144 valence electrons. The highest BCUT2D eigenvalue weighted by molar-refractivity contribution is 8.01. The normalized spacial score (nSPS) is 10.8. The van der Waals surface area contributed by atoms with Crippen LogP contribution in [-0.2, 0) is 4.79 Å². The molecule has 3 aromatic rings. The maximum atomic E-state index is 12.0. The van der Waals surface area contributed by atoms with Crippen molar-refractivity contribution in [2.45, 2.75) is 4.34 Å². The molecule has 28 heavy (non-hydrogen) atoms. The van der Waals surface area contributed by atoms with Crippen LogP contribution in [0.4, 0.5) is 0 Å². The van der Waals surface area contributed by atoms with E-state index in [-0.39, 0.29) is 11.7 Å². The average molecular weight is 415 g/mol. The lowest BCUT2D eigenvalue weighted by Gasteiger charge is -2.07. The minimum atomic E-state index is -0.224. The first-order chi connectivity index (χ1) is 13.7. The van der Waals surface area contributed by atoms with Gasteiger partial charge >= 0.3 is 0 Å². The second kappa shape index (κ2) is 9.86. The lowest BCUT2D eigenvalue weighted by atomic mass is 10.2. The number of ether oxygens (including phenoxy) is 2. The first-order valence-corrected chi connectivity index (χ1v) is 10.1. The third-order valence-electron chi connectivity index (χ3n) is 3.56. The molecule has 0 saturated heterocycles. The number of benzene rings is 2. The van der Waals surface area contributed by atoms with E-state index < -0.39 is 0 Å². The number of nitrogens with zero attached hydrogens (tertiary/aromatic N) is 3. The summed E-state index contributed by atoms with van der Waals surface area (Å²) in [5, 5.41) is 13.1. The third-order valence-corrected chi connectivity index (χ3v) is 5.67. The predicted octanol–water partition coefficient (Wildman–Crippen LogP) is 3.46. The summed E-state index contributed by atoms with van der Waals surface area (Å²) in [6, 6.07) is 15.2. The van der Waals surface area contributed by atoms with Crippen LogP contribution < -0.4 is 14.9 Å². The molecule has 0 saturated carbocycles. The number of methoxy groups -OCH3 is 2. The van der Waals surface area contributed by atoms with Gasteiger partial charge in [0.1, 0.15) is 5.01 Å². The number of aromatic nitrogens is 2. The largest absolute Gasteiger partial charge is 0.493 e. The molecular formula is C19H18N4O3S2. The van der Waals surface area contributed by atoms with Crippen LogP contribution in [0.25, 0.3) is 10.6 Å². The molecule has 9 heteroatoms. The SMILES string of the molecule is COc1ccc(C=NNC(=O)CSc2nnc(-c3ccccc3)s2)cc1OC. The molecule has 1 amide bonds. The molecule has 7 nitrogen and oxygen atoms in total. The summed E-state index contributed by atoms with van der Waals surface area (Å²) < 4.78 is 11.2. The van der Waals surface area contributed by atoms with Crippen molar-refractivity contribution in [3.05, 3.63) is 54.1 Å². The smallest absolute Gasteiger partial charge is 0.250 e. The fourth-order valence-electron chi connectivity index (χ4n) is 2.24. The minimum Gasteiger partial charge on any atom is -0.493 e. The molecule has 0 fully saturated rings. The Hall–Kier alpha value is -2.91. The summed E-state index contributed by atoms with van der Waals surface area (Å²) in [5.74, 6) is 1.20. The number of hydrazone groups is 1. The summed E-state index contributed by atoms with van der Waals surface area (Å²) in [5.41, 5.74) is 4.29. The van der Waals surface area contributed by atoms with Crippen LogP contribution >= 0.6 is 23.1 Å². The molecule has 0 aliphatic heterocycles. The maximum Gasteiger partial charge on any atom is 0.250 e. The van der Waals surface area contributed by atoms with Crippen molar-refractivity contribution in [3.63, 3.8) is 0 Å². The standard InChI is InChI=1S/C19H18N4O3S2/c1-25-15-9-8-13(10-16(15)26-2)11-20-21-17(24)12-27-19-23-22-18(28-19)14-6-4-3-5-7-14/h3-11H,12H2,1-2H3,(H,21,24). The van der Waals surface area contributed by atoms with Gasteiger partial charge in [0.05, 0.1) is 26.2 Å². The van der Waals surface area contributed by atoms with Gasteiger partial charge in [-0.05, 0) is 23.8 Å². The van der Waals surface area contributed by atoms with Gasteiger partial charge in [-0.25, -0.2) is 5.43 Å². The van der Waals surface area contributed by atoms with Crippen LogP contribution in [0.2, 0.25) is 0 Å². The van der Waals surface area contributed by atoms with Crippen LogP contribution in [0.15, 0.2) is 58.0 Å². The van der Waals surface area contributed by atoms with Crippen molar-refractivity contribution < 1.29 is 14.3 Å². The highest BCUT2D eigenvalue weighted by Crippen LogP contribution is 2.29. The Labute approximate surface area is 170 Å². The number of amides is 1. The van der Waals surface area contributed by atoms with Crippen molar-refractivity contribution in [2.24, 2.45) is 5.10 Å². The number of hydrogen-bond donors (Lipinski definition) is 1. The van der Waals surface area contributed by atoms with E-state index >= 15 is 0 Å². The molecule has 0 bridgehead atoms. The molecule has 0 aliphatic carbocycles. The Balaban J connectivity index is 1.50. The highest BCUT2D eigenvalue weighted by Gasteiger charge is 2.09. The van der Waals surface area contributed by atoms with Gasteiger partial charge in [0, 0.05) is 5.56 Å². The fraction of sp³-hybridized carbons (Fsp3) is 0.158. The van der Waals surface area contributed by atoms with Gasteiger partial charge < -0.3 is 9.47 Å². The molecule has 3 rings (SSSR count). The molecule has 1 N–H and O–H groups in total. The third kappa shape index (κ3) is 5.30. The molecule has 2 aromatic carbocycles. The van der Waals surface area contributed by atoms with E-state index in [1.165, 1.54) is 23.1 Å². The summed E-state index contributed by atoms with van der Waals surface area (Å²) in [4.78, 5) is 12.0. The van der Waals surface area contributed by atoms with Gasteiger partial charge in [-0.1, -0.05) is 53.4 Å². The van der Waals surface area contributed by atoms with E-state index in [0.29, 0.717) is 11.5 Å². The van der Waals surface area contributed by atoms with Gasteiger partial charge in [0.2, 0.25) is 0 Å². The van der Waals surface area contributed by atoms with Gasteiger partial charge in [-0.2, -0.15) is 5.10 Å². The van der Waals surface area contributed by atoms with Crippen molar-refractivity contribution in [1.82, 2.24) is 15.6 Å². The zero-order valence-corrected chi connectivity index (χ0v) is 16.9. The first-order valence-electron chi connectivity index (χ1n) is 8.25. The Morgan fingerprint density at radius 1 is 1.14 bits per heavy atom. The van der Waals surface area contributed by atoms with E-state index in [4.69, 9.17) is 9.47 Å². The van der Waals surface area contributed by atoms with Gasteiger partial charge in [-0.15, -0.1) is 10.2 Å². The second-order valence-corrected chi connectivity index (χ2v) is 7.64. The van der Waals surface area contributed by atoms with Crippen molar-refractivity contribution >= 4 is 35.2 Å². The van der Waals surface area contributed by atoms with Crippen molar-refractivity contribution in [2.75, 3.05) is 20.0 Å². The van der Waals surface area contributed by atoms with Gasteiger partial charge in [-0.3, -0.25) is 4.79 Å². The Kier molecular flexibility index (Phi) is 6.99. The summed E-state index contributed by atoms with van der Waals surface area (Å²) in [6.07, 6.45) is 1.54. The highest BCUT2D eigenvalue weighted by atomic mass is 32.2. The van der Waals surface area contributed by atoms with E-state index in [0.717, 1.165) is 20.5 Å². The van der Waals surface area contributed by atoms with Crippen LogP contribution in [0.1, 0.15) is 5.56 Å². The Morgan fingerprint density at radius 2 is 1.93 bits per heavy atom. The number of rotatable bonds is 8. The average Bonchev–Trinajstić information content (AvgIpc) is 3.22. The topological polar surface area (TPSA) is 85.7 Å². The van der Waals surface area contributed by atoms with Crippen LogP contribution in [0, 0.1) is 0 Å². The van der Waals surface area contributed by atoms with E-state index in [9.17, 15) is 4.79 Å². The number of hydrogen-bond acceptors (Lipinski definition) is 8. The van der Waals surface area contributed by atoms with E-state index in [1.807, 2.05) is 36.4 Å². The van der Waals surface area contributed by atoms with Crippen molar-refractivity contribution in [3.8, 4) is 22.1 Å². The molecule has 0 atom stereocenters. The number of carbonyl (C=O) groups excluding carboxylic acids is 1. The second-order valence-electron chi connectivity index (χ2n) is 5.44. The van der Waals surface area contributed by atoms with E-state index in [2.05, 4.69) is 20.7 Å².